The average molecular weight is 435 g/mol. The summed E-state index contributed by atoms with van der Waals surface area (Å²) in [5.74, 6) is -0.636. The van der Waals surface area contributed by atoms with E-state index in [9.17, 15) is 9.59 Å². The summed E-state index contributed by atoms with van der Waals surface area (Å²) >= 11 is 0. The smallest absolute Gasteiger partial charge is 0.339 e. The van der Waals surface area contributed by atoms with Crippen molar-refractivity contribution in [1.82, 2.24) is 9.55 Å². The van der Waals surface area contributed by atoms with Crippen LogP contribution in [0.5, 0.6) is 0 Å². The predicted molar refractivity (Wildman–Crippen MR) is 123 cm³/mol. The number of nitrogens with zero attached hydrogens (tertiary/aromatic N) is 2. The van der Waals surface area contributed by atoms with Gasteiger partial charge in [0.25, 0.3) is 0 Å². The molecule has 0 saturated carbocycles. The van der Waals surface area contributed by atoms with E-state index in [4.69, 9.17) is 14.5 Å². The number of methoxy groups -OCH3 is 1. The van der Waals surface area contributed by atoms with E-state index in [1.165, 1.54) is 0 Å². The molecule has 1 aliphatic carbocycles. The van der Waals surface area contributed by atoms with Gasteiger partial charge in [0.2, 0.25) is 5.78 Å². The van der Waals surface area contributed by atoms with E-state index in [-0.39, 0.29) is 12.4 Å². The van der Waals surface area contributed by atoms with Crippen molar-refractivity contribution in [3.05, 3.63) is 64.1 Å². The fourth-order valence-electron chi connectivity index (χ4n) is 4.67. The van der Waals surface area contributed by atoms with Crippen molar-refractivity contribution in [2.75, 3.05) is 20.3 Å². The molecular formula is C26H30N2O4. The highest BCUT2D eigenvalue weighted by atomic mass is 16.5. The number of hydrogen-bond donors (Lipinski definition) is 0. The Labute approximate surface area is 188 Å². The Bertz CT molecular complexity index is 1160. The standard InChI is InChI=1S/C26H30N2O4/c1-17-15-21(18(2)28(17)13-14-31-3)24(29)16-32-26(30)25-19-9-5-4-6-11-22(19)27-23-12-8-7-10-20(23)25/h7-8,10,12,15H,4-6,9,11,13-14,16H2,1-3H3. The van der Waals surface area contributed by atoms with Crippen molar-refractivity contribution < 1.29 is 19.1 Å². The molecule has 32 heavy (non-hydrogen) atoms. The minimum Gasteiger partial charge on any atom is -0.454 e. The average Bonchev–Trinajstić information content (AvgIpc) is 2.94. The molecule has 0 N–H and O–H groups in total. The summed E-state index contributed by atoms with van der Waals surface area (Å²) in [6, 6.07) is 9.53. The first-order valence-electron chi connectivity index (χ1n) is 11.3. The Kier molecular flexibility index (Phi) is 6.70. The first kappa shape index (κ1) is 22.2. The Morgan fingerprint density at radius 1 is 1.09 bits per heavy atom. The molecule has 2 heterocycles. The lowest BCUT2D eigenvalue weighted by Gasteiger charge is -2.15. The number of aryl methyl sites for hydroxylation is 2. The Hall–Kier alpha value is -2.99. The molecule has 0 saturated heterocycles. The molecule has 0 radical (unpaired) electrons. The predicted octanol–water partition coefficient (Wildman–Crippen LogP) is 4.61. The molecule has 0 unspecified atom stereocenters. The van der Waals surface area contributed by atoms with Gasteiger partial charge >= 0.3 is 5.97 Å². The summed E-state index contributed by atoms with van der Waals surface area (Å²) in [5, 5.41) is 0.795. The van der Waals surface area contributed by atoms with Gasteiger partial charge in [-0.05, 0) is 57.2 Å². The zero-order valence-electron chi connectivity index (χ0n) is 19.1. The van der Waals surface area contributed by atoms with Crippen molar-refractivity contribution in [3.63, 3.8) is 0 Å². The van der Waals surface area contributed by atoms with Crippen LogP contribution in [0.3, 0.4) is 0 Å². The molecule has 1 aliphatic rings. The minimum atomic E-state index is -0.441. The SMILES string of the molecule is COCCn1c(C)cc(C(=O)COC(=O)c2c3c(nc4ccccc24)CCCCC3)c1C. The van der Waals surface area contributed by atoms with E-state index in [0.717, 1.165) is 65.7 Å². The quantitative estimate of drug-likeness (QED) is 0.309. The van der Waals surface area contributed by atoms with Crippen LogP contribution in [0.25, 0.3) is 10.9 Å². The molecule has 0 bridgehead atoms. The van der Waals surface area contributed by atoms with E-state index in [0.29, 0.717) is 24.3 Å². The number of benzene rings is 1. The minimum absolute atomic E-state index is 0.195. The van der Waals surface area contributed by atoms with Crippen LogP contribution in [0, 0.1) is 13.8 Å². The third-order valence-corrected chi connectivity index (χ3v) is 6.35. The third kappa shape index (κ3) is 4.32. The number of ether oxygens (including phenoxy) is 2. The number of pyridine rings is 1. The second kappa shape index (κ2) is 9.65. The molecule has 6 nitrogen and oxygen atoms in total. The van der Waals surface area contributed by atoms with E-state index >= 15 is 0 Å². The molecule has 0 amide bonds. The van der Waals surface area contributed by atoms with Gasteiger partial charge in [0.1, 0.15) is 0 Å². The van der Waals surface area contributed by atoms with E-state index in [1.807, 2.05) is 44.2 Å². The second-order valence-electron chi connectivity index (χ2n) is 8.42. The molecule has 4 rings (SSSR count). The highest BCUT2D eigenvalue weighted by Gasteiger charge is 2.24. The molecule has 3 aromatic rings. The van der Waals surface area contributed by atoms with Crippen molar-refractivity contribution in [2.24, 2.45) is 0 Å². The number of ketones is 1. The van der Waals surface area contributed by atoms with Crippen LogP contribution in [-0.2, 0) is 28.9 Å². The molecule has 168 valence electrons. The van der Waals surface area contributed by atoms with E-state index < -0.39 is 5.97 Å². The van der Waals surface area contributed by atoms with Gasteiger partial charge in [-0.15, -0.1) is 0 Å². The molecule has 6 heteroatoms. The van der Waals surface area contributed by atoms with Gasteiger partial charge in [-0.25, -0.2) is 4.79 Å². The van der Waals surface area contributed by atoms with Crippen molar-refractivity contribution >= 4 is 22.7 Å². The monoisotopic (exact) mass is 434 g/mol. The van der Waals surface area contributed by atoms with Crippen LogP contribution in [0.1, 0.15) is 62.6 Å². The Morgan fingerprint density at radius 3 is 2.69 bits per heavy atom. The normalized spacial score (nSPS) is 13.6. The van der Waals surface area contributed by atoms with E-state index in [1.54, 1.807) is 7.11 Å². The summed E-state index contributed by atoms with van der Waals surface area (Å²) in [6.45, 7) is 4.84. The van der Waals surface area contributed by atoms with Gasteiger partial charge in [-0.3, -0.25) is 9.78 Å². The topological polar surface area (TPSA) is 70.4 Å². The lowest BCUT2D eigenvalue weighted by atomic mass is 9.97. The van der Waals surface area contributed by atoms with Gasteiger partial charge in [-0.1, -0.05) is 24.6 Å². The molecule has 0 aliphatic heterocycles. The number of rotatable bonds is 7. The number of Topliss-reactive ketones (excluding diaryl/α,β-unsaturated/α-hetero) is 1. The van der Waals surface area contributed by atoms with Gasteiger partial charge in [-0.2, -0.15) is 0 Å². The summed E-state index contributed by atoms with van der Waals surface area (Å²) in [7, 11) is 1.66. The molecule has 2 aromatic heterocycles. The fourth-order valence-corrected chi connectivity index (χ4v) is 4.67. The maximum absolute atomic E-state index is 13.3. The van der Waals surface area contributed by atoms with Crippen LogP contribution in [0.4, 0.5) is 0 Å². The second-order valence-corrected chi connectivity index (χ2v) is 8.42. The molecule has 0 atom stereocenters. The van der Waals surface area contributed by atoms with E-state index in [2.05, 4.69) is 4.57 Å². The number of hydrogen-bond acceptors (Lipinski definition) is 5. The third-order valence-electron chi connectivity index (χ3n) is 6.35. The lowest BCUT2D eigenvalue weighted by Crippen LogP contribution is -2.18. The molecule has 0 fully saturated rings. The molecular weight excluding hydrogens is 404 g/mol. The number of carbonyl (C=O) groups is 2. The van der Waals surface area contributed by atoms with Crippen LogP contribution < -0.4 is 0 Å². The maximum Gasteiger partial charge on any atom is 0.339 e. The first-order valence-corrected chi connectivity index (χ1v) is 11.3. The highest BCUT2D eigenvalue weighted by molar-refractivity contribution is 6.06. The summed E-state index contributed by atoms with van der Waals surface area (Å²) in [4.78, 5) is 31.0. The summed E-state index contributed by atoms with van der Waals surface area (Å²) in [6.07, 6.45) is 4.90. The maximum atomic E-state index is 13.3. The molecule has 0 spiro atoms. The summed E-state index contributed by atoms with van der Waals surface area (Å²) < 4.78 is 12.8. The highest BCUT2D eigenvalue weighted by Crippen LogP contribution is 2.29. The zero-order valence-corrected chi connectivity index (χ0v) is 19.1. The number of para-hydroxylation sites is 1. The van der Waals surface area contributed by atoms with Crippen molar-refractivity contribution in [2.45, 2.75) is 52.5 Å². The van der Waals surface area contributed by atoms with Crippen molar-refractivity contribution in [3.8, 4) is 0 Å². The lowest BCUT2D eigenvalue weighted by molar-refractivity contribution is 0.0475. The fraction of sp³-hybridized carbons (Fsp3) is 0.423. The van der Waals surface area contributed by atoms with Crippen LogP contribution in [0.2, 0.25) is 0 Å². The van der Waals surface area contributed by atoms with Crippen LogP contribution in [-0.4, -0.2) is 41.6 Å². The van der Waals surface area contributed by atoms with Gasteiger partial charge in [0.15, 0.2) is 6.61 Å². The largest absolute Gasteiger partial charge is 0.454 e. The van der Waals surface area contributed by atoms with Gasteiger partial charge in [0.05, 0.1) is 17.7 Å². The van der Waals surface area contributed by atoms with Crippen LogP contribution >= 0.6 is 0 Å². The first-order chi connectivity index (χ1) is 15.5. The number of carbonyl (C=O) groups excluding carboxylic acids is 2. The van der Waals surface area contributed by atoms with Gasteiger partial charge in [0, 0.05) is 41.7 Å². The number of aromatic nitrogens is 2. The zero-order chi connectivity index (χ0) is 22.7. The summed E-state index contributed by atoms with van der Waals surface area (Å²) in [5.41, 5.74) is 5.78. The molecule has 1 aromatic carbocycles. The number of esters is 1. The van der Waals surface area contributed by atoms with Crippen LogP contribution in [0.15, 0.2) is 30.3 Å². The number of fused-ring (bicyclic) bond motifs is 2. The Balaban J connectivity index is 1.59. The van der Waals surface area contributed by atoms with Crippen molar-refractivity contribution in [1.29, 1.82) is 0 Å². The van der Waals surface area contributed by atoms with Gasteiger partial charge < -0.3 is 14.0 Å². The Morgan fingerprint density at radius 2 is 1.88 bits per heavy atom.